The van der Waals surface area contributed by atoms with Gasteiger partial charge in [-0.2, -0.15) is 0 Å². The fourth-order valence-electron chi connectivity index (χ4n) is 2.39. The van der Waals surface area contributed by atoms with Crippen LogP contribution in [0.2, 0.25) is 0 Å². The number of aryl methyl sites for hydroxylation is 1. The minimum absolute atomic E-state index is 0. The first kappa shape index (κ1) is 19.2. The average Bonchev–Trinajstić information content (AvgIpc) is 3.14. The largest absolute Gasteiger partial charge is 0.370 e. The Kier molecular flexibility index (Phi) is 6.66. The van der Waals surface area contributed by atoms with E-state index in [9.17, 15) is 8.42 Å². The van der Waals surface area contributed by atoms with Gasteiger partial charge in [-0.3, -0.25) is 4.99 Å². The van der Waals surface area contributed by atoms with Gasteiger partial charge < -0.3 is 11.1 Å². The standard InChI is InChI=1S/C15H23N3O2S.HI/c1-3-12-5-4-6-13(9-12)18-14(16)17-10-15(7-8-15)11-21(2,19)20;/h4-6,9H,3,7-8,10-11H2,1-2H3,(H3,16,17,18);1H. The summed E-state index contributed by atoms with van der Waals surface area (Å²) in [5.41, 5.74) is 7.83. The molecule has 0 atom stereocenters. The lowest BCUT2D eigenvalue weighted by Gasteiger charge is -2.12. The molecule has 1 aromatic rings. The molecule has 0 amide bonds. The van der Waals surface area contributed by atoms with Crippen LogP contribution in [-0.4, -0.2) is 32.9 Å². The SMILES string of the molecule is CCc1cccc(NC(N)=NCC2(CS(C)(=O)=O)CC2)c1.I. The van der Waals surface area contributed by atoms with Crippen molar-refractivity contribution in [2.75, 3.05) is 23.9 Å². The van der Waals surface area contributed by atoms with Gasteiger partial charge in [-0.05, 0) is 37.0 Å². The van der Waals surface area contributed by atoms with Crippen LogP contribution < -0.4 is 11.1 Å². The van der Waals surface area contributed by atoms with E-state index in [-0.39, 0.29) is 35.1 Å². The number of benzene rings is 1. The van der Waals surface area contributed by atoms with Crippen molar-refractivity contribution in [1.82, 2.24) is 0 Å². The van der Waals surface area contributed by atoms with Gasteiger partial charge in [0, 0.05) is 23.9 Å². The number of nitrogens with two attached hydrogens (primary N) is 1. The highest BCUT2D eigenvalue weighted by Crippen LogP contribution is 2.46. The van der Waals surface area contributed by atoms with E-state index in [1.54, 1.807) is 0 Å². The van der Waals surface area contributed by atoms with Gasteiger partial charge in [0.05, 0.1) is 5.75 Å². The number of nitrogens with one attached hydrogen (secondary N) is 1. The first-order valence-electron chi connectivity index (χ1n) is 7.16. The van der Waals surface area contributed by atoms with Crippen molar-refractivity contribution in [2.24, 2.45) is 16.1 Å². The number of hydrogen-bond acceptors (Lipinski definition) is 3. The number of hydrogen-bond donors (Lipinski definition) is 2. The molecule has 1 fully saturated rings. The number of rotatable bonds is 6. The minimum Gasteiger partial charge on any atom is -0.370 e. The molecule has 7 heteroatoms. The van der Waals surface area contributed by atoms with E-state index in [2.05, 4.69) is 23.3 Å². The smallest absolute Gasteiger partial charge is 0.193 e. The molecule has 0 aromatic heterocycles. The molecule has 5 nitrogen and oxygen atoms in total. The summed E-state index contributed by atoms with van der Waals surface area (Å²) in [6.45, 7) is 2.56. The number of anilines is 1. The third-order valence-electron chi connectivity index (χ3n) is 3.72. The second-order valence-corrected chi connectivity index (χ2v) is 8.09. The first-order valence-corrected chi connectivity index (χ1v) is 9.22. The van der Waals surface area contributed by atoms with Gasteiger partial charge in [0.25, 0.3) is 0 Å². The highest BCUT2D eigenvalue weighted by molar-refractivity contribution is 14.0. The molecule has 22 heavy (non-hydrogen) atoms. The second-order valence-electron chi connectivity index (χ2n) is 5.95. The van der Waals surface area contributed by atoms with Crippen LogP contribution in [-0.2, 0) is 16.3 Å². The molecule has 1 saturated carbocycles. The predicted octanol–water partition coefficient (Wildman–Crippen LogP) is 2.42. The fraction of sp³-hybridized carbons (Fsp3) is 0.533. The lowest BCUT2D eigenvalue weighted by atomic mass is 10.1. The zero-order valence-electron chi connectivity index (χ0n) is 13.0. The molecule has 1 aliphatic carbocycles. The highest BCUT2D eigenvalue weighted by Gasteiger charge is 2.45. The number of halogens is 1. The number of guanidine groups is 1. The molecule has 2 rings (SSSR count). The van der Waals surface area contributed by atoms with Crippen LogP contribution in [0.5, 0.6) is 0 Å². The van der Waals surface area contributed by atoms with Gasteiger partial charge in [0.1, 0.15) is 9.84 Å². The summed E-state index contributed by atoms with van der Waals surface area (Å²) in [7, 11) is -2.97. The summed E-state index contributed by atoms with van der Waals surface area (Å²) < 4.78 is 22.8. The Bertz CT molecular complexity index is 640. The summed E-state index contributed by atoms with van der Waals surface area (Å²) in [5, 5.41) is 3.06. The quantitative estimate of drug-likeness (QED) is 0.407. The van der Waals surface area contributed by atoms with E-state index in [1.165, 1.54) is 11.8 Å². The molecular formula is C15H24IN3O2S. The molecular weight excluding hydrogens is 413 g/mol. The molecule has 0 aliphatic heterocycles. The Morgan fingerprint density at radius 3 is 2.64 bits per heavy atom. The molecule has 0 spiro atoms. The van der Waals surface area contributed by atoms with Crippen LogP contribution in [0.4, 0.5) is 5.69 Å². The second kappa shape index (κ2) is 7.63. The van der Waals surface area contributed by atoms with Gasteiger partial charge in [-0.1, -0.05) is 19.1 Å². The van der Waals surface area contributed by atoms with E-state index in [4.69, 9.17) is 5.73 Å². The highest BCUT2D eigenvalue weighted by atomic mass is 127. The summed E-state index contributed by atoms with van der Waals surface area (Å²) >= 11 is 0. The van der Waals surface area contributed by atoms with E-state index in [1.807, 2.05) is 18.2 Å². The number of aliphatic imine (C=N–C) groups is 1. The number of sulfone groups is 1. The van der Waals surface area contributed by atoms with Crippen molar-refractivity contribution in [2.45, 2.75) is 26.2 Å². The van der Waals surface area contributed by atoms with Crippen molar-refractivity contribution in [3.05, 3.63) is 29.8 Å². The van der Waals surface area contributed by atoms with Gasteiger partial charge in [0.2, 0.25) is 0 Å². The Morgan fingerprint density at radius 1 is 1.41 bits per heavy atom. The Labute approximate surface area is 149 Å². The van der Waals surface area contributed by atoms with Crippen LogP contribution >= 0.6 is 24.0 Å². The number of nitrogens with zero attached hydrogens (tertiary/aromatic N) is 1. The molecule has 124 valence electrons. The fourth-order valence-corrected chi connectivity index (χ4v) is 3.88. The summed E-state index contributed by atoms with van der Waals surface area (Å²) in [6, 6.07) is 8.00. The van der Waals surface area contributed by atoms with E-state index in [0.717, 1.165) is 24.9 Å². The zero-order valence-corrected chi connectivity index (χ0v) is 16.1. The van der Waals surface area contributed by atoms with Gasteiger partial charge in [0.15, 0.2) is 5.96 Å². The molecule has 1 aromatic carbocycles. The van der Waals surface area contributed by atoms with Crippen molar-refractivity contribution in [3.8, 4) is 0 Å². The molecule has 3 N–H and O–H groups in total. The van der Waals surface area contributed by atoms with Crippen molar-refractivity contribution in [1.29, 1.82) is 0 Å². The van der Waals surface area contributed by atoms with Crippen LogP contribution in [0.1, 0.15) is 25.3 Å². The predicted molar refractivity (Wildman–Crippen MR) is 103 cm³/mol. The summed E-state index contributed by atoms with van der Waals surface area (Å²) in [6.07, 6.45) is 4.04. The van der Waals surface area contributed by atoms with E-state index < -0.39 is 9.84 Å². The van der Waals surface area contributed by atoms with E-state index >= 15 is 0 Å². The monoisotopic (exact) mass is 437 g/mol. The molecule has 0 radical (unpaired) electrons. The maximum absolute atomic E-state index is 11.4. The summed E-state index contributed by atoms with van der Waals surface area (Å²) in [5.74, 6) is 0.533. The first-order chi connectivity index (χ1) is 9.82. The average molecular weight is 437 g/mol. The molecule has 1 aliphatic rings. The maximum Gasteiger partial charge on any atom is 0.193 e. The molecule has 0 unspecified atom stereocenters. The lowest BCUT2D eigenvalue weighted by molar-refractivity contribution is 0.552. The molecule has 0 saturated heterocycles. The zero-order chi connectivity index (χ0) is 15.5. The van der Waals surface area contributed by atoms with Crippen molar-refractivity contribution < 1.29 is 8.42 Å². The van der Waals surface area contributed by atoms with E-state index in [0.29, 0.717) is 12.5 Å². The Morgan fingerprint density at radius 2 is 2.09 bits per heavy atom. The van der Waals surface area contributed by atoms with Crippen LogP contribution in [0, 0.1) is 5.41 Å². The van der Waals surface area contributed by atoms with Crippen LogP contribution in [0.3, 0.4) is 0 Å². The normalized spacial score (nSPS) is 16.7. The van der Waals surface area contributed by atoms with Gasteiger partial charge in [-0.25, -0.2) is 8.42 Å². The summed E-state index contributed by atoms with van der Waals surface area (Å²) in [4.78, 5) is 4.31. The molecule has 0 heterocycles. The van der Waals surface area contributed by atoms with Crippen LogP contribution in [0.25, 0.3) is 0 Å². The third kappa shape index (κ3) is 6.12. The minimum atomic E-state index is -2.97. The third-order valence-corrected chi connectivity index (χ3v) is 4.85. The Hall–Kier alpha value is -0.830. The Balaban J connectivity index is 0.00000242. The maximum atomic E-state index is 11.4. The van der Waals surface area contributed by atoms with Gasteiger partial charge >= 0.3 is 0 Å². The van der Waals surface area contributed by atoms with Crippen molar-refractivity contribution in [3.63, 3.8) is 0 Å². The van der Waals surface area contributed by atoms with Gasteiger partial charge in [-0.15, -0.1) is 24.0 Å². The van der Waals surface area contributed by atoms with Crippen molar-refractivity contribution >= 4 is 45.5 Å². The van der Waals surface area contributed by atoms with Crippen LogP contribution in [0.15, 0.2) is 29.3 Å². The lowest BCUT2D eigenvalue weighted by Crippen LogP contribution is -2.26. The topological polar surface area (TPSA) is 84.5 Å². The molecule has 0 bridgehead atoms.